The maximum Gasteiger partial charge on any atom is 0.142 e. The molecular weight excluding hydrogens is 468 g/mol. The Morgan fingerprint density at radius 3 is 2.78 bits per heavy atom. The van der Waals surface area contributed by atoms with E-state index in [9.17, 15) is 5.26 Å². The average molecular weight is 501 g/mol. The van der Waals surface area contributed by atoms with Crippen molar-refractivity contribution >= 4 is 16.9 Å². The minimum atomic E-state index is -0.304. The first-order valence-corrected chi connectivity index (χ1v) is 13.0. The van der Waals surface area contributed by atoms with Crippen LogP contribution in [0.1, 0.15) is 30.8 Å². The highest BCUT2D eigenvalue weighted by molar-refractivity contribution is 5.74. The zero-order valence-corrected chi connectivity index (χ0v) is 21.3. The quantitative estimate of drug-likeness (QED) is 0.570. The largest absolute Gasteiger partial charge is 0.370 e. The molecule has 10 nitrogen and oxygen atoms in total. The molecule has 4 aliphatic rings. The Morgan fingerprint density at radius 2 is 2.00 bits per heavy atom. The number of nitriles is 1. The molecule has 7 heterocycles. The van der Waals surface area contributed by atoms with Gasteiger partial charge < -0.3 is 25.0 Å². The molecule has 3 saturated heterocycles. The van der Waals surface area contributed by atoms with Gasteiger partial charge in [-0.3, -0.25) is 9.88 Å². The summed E-state index contributed by atoms with van der Waals surface area (Å²) in [5.74, 6) is 0. The number of aromatic nitrogens is 3. The van der Waals surface area contributed by atoms with E-state index < -0.39 is 0 Å². The maximum atomic E-state index is 9.42. The van der Waals surface area contributed by atoms with Gasteiger partial charge in [0.1, 0.15) is 17.4 Å². The summed E-state index contributed by atoms with van der Waals surface area (Å²) in [6, 6.07) is 10.3. The Morgan fingerprint density at radius 1 is 1.16 bits per heavy atom. The van der Waals surface area contributed by atoms with Crippen LogP contribution in [0.2, 0.25) is 0 Å². The van der Waals surface area contributed by atoms with Gasteiger partial charge in [-0.25, -0.2) is 4.52 Å². The topological polar surface area (TPSA) is 108 Å². The molecule has 3 aromatic heterocycles. The molecule has 0 radical (unpaired) electrons. The van der Waals surface area contributed by atoms with Crippen LogP contribution in [0.25, 0.3) is 5.52 Å². The van der Waals surface area contributed by atoms with Gasteiger partial charge in [0.2, 0.25) is 0 Å². The fourth-order valence-corrected chi connectivity index (χ4v) is 6.52. The summed E-state index contributed by atoms with van der Waals surface area (Å²) >= 11 is 0. The molecule has 7 rings (SSSR count). The van der Waals surface area contributed by atoms with Crippen molar-refractivity contribution in [1.82, 2.24) is 19.5 Å². The molecule has 0 aromatic carbocycles. The number of likely N-dealkylation sites (tertiary alicyclic amines) is 1. The molecule has 3 aromatic rings. The lowest BCUT2D eigenvalue weighted by atomic mass is 9.88. The number of hydrogen-bond acceptors (Lipinski definition) is 9. The SMILES string of the molecule is CC1CN(c2ccc(C#N)n3nccc23)CC(CN2CC3(C2)OCc2cc(N4CC(C)(N)C4)cnc23)O1. The highest BCUT2D eigenvalue weighted by Crippen LogP contribution is 2.44. The standard InChI is InChI=1S/C27H32N8O2/c1-18-10-33(23-4-3-20(8-28)35-24(23)5-6-31-35)12-22(37-18)11-32-16-27(17-32)25-19(13-36-27)7-21(9-30-25)34-14-26(2,29)15-34/h3-7,9,18,22H,10-17,29H2,1-2H3. The second-order valence-electron chi connectivity index (χ2n) is 11.5. The molecule has 10 heteroatoms. The van der Waals surface area contributed by atoms with Crippen molar-refractivity contribution in [2.24, 2.45) is 5.73 Å². The van der Waals surface area contributed by atoms with Gasteiger partial charge in [0, 0.05) is 56.9 Å². The molecular formula is C27H32N8O2. The van der Waals surface area contributed by atoms with Crippen LogP contribution < -0.4 is 15.5 Å². The van der Waals surface area contributed by atoms with Crippen molar-refractivity contribution in [3.05, 3.63) is 53.6 Å². The van der Waals surface area contributed by atoms with E-state index >= 15 is 0 Å². The van der Waals surface area contributed by atoms with Crippen LogP contribution in [0.4, 0.5) is 11.4 Å². The highest BCUT2D eigenvalue weighted by Gasteiger charge is 2.52. The molecule has 2 atom stereocenters. The molecule has 1 spiro atoms. The summed E-state index contributed by atoms with van der Waals surface area (Å²) in [5.41, 5.74) is 11.8. The minimum Gasteiger partial charge on any atom is -0.370 e. The first-order valence-electron chi connectivity index (χ1n) is 13.0. The van der Waals surface area contributed by atoms with E-state index in [1.165, 1.54) is 5.56 Å². The number of rotatable bonds is 4. The number of nitrogens with zero attached hydrogens (tertiary/aromatic N) is 7. The Balaban J connectivity index is 1.02. The third-order valence-corrected chi connectivity index (χ3v) is 8.09. The predicted octanol–water partition coefficient (Wildman–Crippen LogP) is 1.47. The Bertz CT molecular complexity index is 1400. The van der Waals surface area contributed by atoms with E-state index in [-0.39, 0.29) is 23.3 Å². The van der Waals surface area contributed by atoms with Crippen LogP contribution in [-0.2, 0) is 21.7 Å². The van der Waals surface area contributed by atoms with Crippen molar-refractivity contribution in [2.75, 3.05) is 55.6 Å². The molecule has 0 aliphatic carbocycles. The first kappa shape index (κ1) is 22.9. The number of ether oxygens (including phenoxy) is 2. The average Bonchev–Trinajstić information content (AvgIpc) is 3.47. The molecule has 37 heavy (non-hydrogen) atoms. The van der Waals surface area contributed by atoms with Crippen LogP contribution in [0.15, 0.2) is 36.7 Å². The van der Waals surface area contributed by atoms with Crippen LogP contribution in [-0.4, -0.2) is 83.1 Å². The maximum absolute atomic E-state index is 9.42. The lowest BCUT2D eigenvalue weighted by molar-refractivity contribution is -0.157. The summed E-state index contributed by atoms with van der Waals surface area (Å²) in [6.45, 7) is 10.6. The summed E-state index contributed by atoms with van der Waals surface area (Å²) < 4.78 is 14.4. The number of anilines is 2. The van der Waals surface area contributed by atoms with E-state index in [1.807, 2.05) is 24.4 Å². The summed E-state index contributed by atoms with van der Waals surface area (Å²) in [6.07, 6.45) is 3.91. The molecule has 2 N–H and O–H groups in total. The summed E-state index contributed by atoms with van der Waals surface area (Å²) in [4.78, 5) is 11.9. The third-order valence-electron chi connectivity index (χ3n) is 8.09. The normalized spacial score (nSPS) is 26.1. The van der Waals surface area contributed by atoms with E-state index in [0.717, 1.165) is 68.4 Å². The number of hydrogen-bond donors (Lipinski definition) is 1. The Kier molecular flexibility index (Phi) is 5.04. The highest BCUT2D eigenvalue weighted by atomic mass is 16.5. The lowest BCUT2D eigenvalue weighted by Crippen LogP contribution is -2.65. The fraction of sp³-hybridized carbons (Fsp3) is 0.519. The smallest absolute Gasteiger partial charge is 0.142 e. The van der Waals surface area contributed by atoms with Crippen molar-refractivity contribution < 1.29 is 9.47 Å². The third kappa shape index (κ3) is 3.77. The fourth-order valence-electron chi connectivity index (χ4n) is 6.52. The summed E-state index contributed by atoms with van der Waals surface area (Å²) in [5, 5.41) is 13.8. The lowest BCUT2D eigenvalue weighted by Gasteiger charge is -2.49. The molecule has 192 valence electrons. The van der Waals surface area contributed by atoms with Crippen LogP contribution in [0.3, 0.4) is 0 Å². The molecule has 0 saturated carbocycles. The van der Waals surface area contributed by atoms with Gasteiger partial charge in [0.05, 0.1) is 53.8 Å². The van der Waals surface area contributed by atoms with Gasteiger partial charge in [-0.15, -0.1) is 0 Å². The molecule has 0 bridgehead atoms. The van der Waals surface area contributed by atoms with Crippen molar-refractivity contribution in [3.63, 3.8) is 0 Å². The second-order valence-corrected chi connectivity index (χ2v) is 11.5. The Labute approximate surface area is 216 Å². The van der Waals surface area contributed by atoms with Gasteiger partial charge in [0.15, 0.2) is 0 Å². The predicted molar refractivity (Wildman–Crippen MR) is 138 cm³/mol. The molecule has 2 unspecified atom stereocenters. The number of nitrogens with two attached hydrogens (primary N) is 1. The van der Waals surface area contributed by atoms with Gasteiger partial charge in [0.25, 0.3) is 0 Å². The Hall–Kier alpha value is -3.23. The zero-order valence-electron chi connectivity index (χ0n) is 21.3. The summed E-state index contributed by atoms with van der Waals surface area (Å²) in [7, 11) is 0. The zero-order chi connectivity index (χ0) is 25.4. The minimum absolute atomic E-state index is 0.0768. The monoisotopic (exact) mass is 500 g/mol. The van der Waals surface area contributed by atoms with Crippen molar-refractivity contribution in [3.8, 4) is 6.07 Å². The molecule has 3 fully saturated rings. The van der Waals surface area contributed by atoms with E-state index in [1.54, 1.807) is 10.7 Å². The number of pyridine rings is 2. The van der Waals surface area contributed by atoms with Gasteiger partial charge >= 0.3 is 0 Å². The number of fused-ring (bicyclic) bond motifs is 3. The van der Waals surface area contributed by atoms with Gasteiger partial charge in [-0.1, -0.05) is 0 Å². The van der Waals surface area contributed by atoms with E-state index in [0.29, 0.717) is 12.3 Å². The van der Waals surface area contributed by atoms with Crippen molar-refractivity contribution in [2.45, 2.75) is 43.8 Å². The number of morpholine rings is 1. The van der Waals surface area contributed by atoms with E-state index in [4.69, 9.17) is 20.2 Å². The van der Waals surface area contributed by atoms with Crippen LogP contribution in [0.5, 0.6) is 0 Å². The van der Waals surface area contributed by atoms with Crippen molar-refractivity contribution in [1.29, 1.82) is 5.26 Å². The molecule has 4 aliphatic heterocycles. The van der Waals surface area contributed by atoms with Crippen LogP contribution >= 0.6 is 0 Å². The second kappa shape index (κ2) is 8.13. The van der Waals surface area contributed by atoms with Gasteiger partial charge in [-0.05, 0) is 38.1 Å². The first-order chi connectivity index (χ1) is 17.8. The van der Waals surface area contributed by atoms with E-state index in [2.05, 4.69) is 45.8 Å². The van der Waals surface area contributed by atoms with Crippen LogP contribution in [0, 0.1) is 11.3 Å². The van der Waals surface area contributed by atoms with Gasteiger partial charge in [-0.2, -0.15) is 10.4 Å². The molecule has 0 amide bonds.